The van der Waals surface area contributed by atoms with Crippen LogP contribution in [-0.4, -0.2) is 50.8 Å². The molecule has 1 heterocycles. The average Bonchev–Trinajstić information content (AvgIpc) is 2.86. The van der Waals surface area contributed by atoms with Gasteiger partial charge in [-0.05, 0) is 19.3 Å². The van der Waals surface area contributed by atoms with Crippen LogP contribution in [0.15, 0.2) is 0 Å². The molecular formula is C12H22N2O4. The number of carbonyl (C=O) groups is 2. The molecular weight excluding hydrogens is 236 g/mol. The first-order chi connectivity index (χ1) is 8.54. The molecule has 0 aromatic carbocycles. The molecule has 1 saturated heterocycles. The Labute approximate surface area is 107 Å². The Bertz CT molecular complexity index is 290. The lowest BCUT2D eigenvalue weighted by atomic mass is 10.0. The van der Waals surface area contributed by atoms with E-state index in [9.17, 15) is 9.59 Å². The van der Waals surface area contributed by atoms with Crippen LogP contribution < -0.4 is 10.6 Å². The standard InChI is InChI=1S/C12H22N2O4/c1-8(10-4-5-18-7-10)13-6-11(12(16)17-3)14-9(2)15/h8,10-11,13H,4-7H2,1-3H3,(H,14,15). The Morgan fingerprint density at radius 1 is 1.50 bits per heavy atom. The first-order valence-electron chi connectivity index (χ1n) is 6.20. The van der Waals surface area contributed by atoms with Crippen molar-refractivity contribution in [3.63, 3.8) is 0 Å². The number of nitrogens with one attached hydrogen (secondary N) is 2. The van der Waals surface area contributed by atoms with Gasteiger partial charge in [-0.3, -0.25) is 4.79 Å². The van der Waals surface area contributed by atoms with Crippen LogP contribution in [0.1, 0.15) is 20.3 Å². The predicted molar refractivity (Wildman–Crippen MR) is 66.0 cm³/mol. The molecule has 6 heteroatoms. The minimum absolute atomic E-state index is 0.244. The molecule has 3 unspecified atom stereocenters. The summed E-state index contributed by atoms with van der Waals surface area (Å²) in [5, 5.41) is 5.82. The van der Waals surface area contributed by atoms with E-state index < -0.39 is 12.0 Å². The molecule has 0 aromatic rings. The number of ether oxygens (including phenoxy) is 2. The molecule has 0 aromatic heterocycles. The maximum absolute atomic E-state index is 11.5. The third-order valence-corrected chi connectivity index (χ3v) is 3.18. The lowest BCUT2D eigenvalue weighted by Gasteiger charge is -2.22. The van der Waals surface area contributed by atoms with Gasteiger partial charge in [-0.15, -0.1) is 0 Å². The zero-order chi connectivity index (χ0) is 13.5. The molecule has 104 valence electrons. The minimum Gasteiger partial charge on any atom is -0.467 e. The summed E-state index contributed by atoms with van der Waals surface area (Å²) in [6.45, 7) is 5.34. The summed E-state index contributed by atoms with van der Waals surface area (Å²) in [7, 11) is 1.31. The average molecular weight is 258 g/mol. The highest BCUT2D eigenvalue weighted by Crippen LogP contribution is 2.16. The van der Waals surface area contributed by atoms with Gasteiger partial charge in [0.1, 0.15) is 6.04 Å². The molecule has 1 fully saturated rings. The van der Waals surface area contributed by atoms with Crippen molar-refractivity contribution in [2.24, 2.45) is 5.92 Å². The quantitative estimate of drug-likeness (QED) is 0.638. The van der Waals surface area contributed by atoms with E-state index in [2.05, 4.69) is 22.3 Å². The molecule has 18 heavy (non-hydrogen) atoms. The van der Waals surface area contributed by atoms with Crippen molar-refractivity contribution >= 4 is 11.9 Å². The Kier molecular flexibility index (Phi) is 6.07. The molecule has 1 aliphatic heterocycles. The van der Waals surface area contributed by atoms with Crippen molar-refractivity contribution in [1.82, 2.24) is 10.6 Å². The van der Waals surface area contributed by atoms with E-state index in [-0.39, 0.29) is 11.9 Å². The van der Waals surface area contributed by atoms with Crippen molar-refractivity contribution in [3.8, 4) is 0 Å². The highest BCUT2D eigenvalue weighted by Gasteiger charge is 2.25. The molecule has 1 aliphatic rings. The molecule has 0 aliphatic carbocycles. The smallest absolute Gasteiger partial charge is 0.329 e. The number of hydrogen-bond acceptors (Lipinski definition) is 5. The normalized spacial score (nSPS) is 22.3. The van der Waals surface area contributed by atoms with Gasteiger partial charge in [0.15, 0.2) is 0 Å². The SMILES string of the molecule is COC(=O)C(CNC(C)C1CCOC1)NC(C)=O. The van der Waals surface area contributed by atoms with Crippen molar-refractivity contribution in [1.29, 1.82) is 0 Å². The van der Waals surface area contributed by atoms with E-state index in [1.54, 1.807) is 0 Å². The second-order valence-corrected chi connectivity index (χ2v) is 4.60. The topological polar surface area (TPSA) is 76.7 Å². The zero-order valence-corrected chi connectivity index (χ0v) is 11.2. The van der Waals surface area contributed by atoms with Gasteiger partial charge in [-0.2, -0.15) is 0 Å². The molecule has 0 spiro atoms. The Balaban J connectivity index is 2.40. The second-order valence-electron chi connectivity index (χ2n) is 4.60. The number of methoxy groups -OCH3 is 1. The summed E-state index contributed by atoms with van der Waals surface area (Å²) in [6.07, 6.45) is 1.02. The Morgan fingerprint density at radius 3 is 2.72 bits per heavy atom. The monoisotopic (exact) mass is 258 g/mol. The summed E-state index contributed by atoms with van der Waals surface area (Å²) >= 11 is 0. The van der Waals surface area contributed by atoms with Gasteiger partial charge >= 0.3 is 5.97 Å². The molecule has 0 bridgehead atoms. The van der Waals surface area contributed by atoms with Crippen molar-refractivity contribution < 1.29 is 19.1 Å². The molecule has 1 amide bonds. The van der Waals surface area contributed by atoms with Gasteiger partial charge < -0.3 is 20.1 Å². The van der Waals surface area contributed by atoms with E-state index in [1.807, 2.05) is 0 Å². The van der Waals surface area contributed by atoms with Crippen LogP contribution in [0.25, 0.3) is 0 Å². The number of carbonyl (C=O) groups excluding carboxylic acids is 2. The molecule has 0 radical (unpaired) electrons. The largest absolute Gasteiger partial charge is 0.467 e. The summed E-state index contributed by atoms with van der Waals surface area (Å²) in [4.78, 5) is 22.5. The lowest BCUT2D eigenvalue weighted by Crippen LogP contribution is -2.50. The third kappa shape index (κ3) is 4.62. The Hall–Kier alpha value is -1.14. The van der Waals surface area contributed by atoms with Crippen LogP contribution in [0.4, 0.5) is 0 Å². The summed E-state index contributed by atoms with van der Waals surface area (Å²) < 4.78 is 9.97. The molecule has 3 atom stereocenters. The lowest BCUT2D eigenvalue weighted by molar-refractivity contribution is -0.144. The maximum atomic E-state index is 11.5. The van der Waals surface area contributed by atoms with Crippen molar-refractivity contribution in [2.75, 3.05) is 26.9 Å². The highest BCUT2D eigenvalue weighted by atomic mass is 16.5. The fourth-order valence-corrected chi connectivity index (χ4v) is 2.00. The van der Waals surface area contributed by atoms with Crippen molar-refractivity contribution in [2.45, 2.75) is 32.4 Å². The van der Waals surface area contributed by atoms with Crippen LogP contribution in [0, 0.1) is 5.92 Å². The van der Waals surface area contributed by atoms with Gasteiger partial charge in [0.05, 0.1) is 13.7 Å². The zero-order valence-electron chi connectivity index (χ0n) is 11.2. The van der Waals surface area contributed by atoms with E-state index in [1.165, 1.54) is 14.0 Å². The summed E-state index contributed by atoms with van der Waals surface area (Å²) in [5.41, 5.74) is 0. The summed E-state index contributed by atoms with van der Waals surface area (Å²) in [5.74, 6) is -0.225. The number of amides is 1. The number of rotatable bonds is 6. The fraction of sp³-hybridized carbons (Fsp3) is 0.833. The second kappa shape index (κ2) is 7.33. The third-order valence-electron chi connectivity index (χ3n) is 3.18. The van der Waals surface area contributed by atoms with E-state index >= 15 is 0 Å². The predicted octanol–water partition coefficient (Wildman–Crippen LogP) is -0.321. The minimum atomic E-state index is -0.641. The van der Waals surface area contributed by atoms with Gasteiger partial charge in [0, 0.05) is 26.1 Å². The highest BCUT2D eigenvalue weighted by molar-refractivity contribution is 5.83. The Morgan fingerprint density at radius 2 is 2.22 bits per heavy atom. The fourth-order valence-electron chi connectivity index (χ4n) is 2.00. The molecule has 6 nitrogen and oxygen atoms in total. The van der Waals surface area contributed by atoms with Crippen LogP contribution in [0.2, 0.25) is 0 Å². The van der Waals surface area contributed by atoms with E-state index in [4.69, 9.17) is 4.74 Å². The van der Waals surface area contributed by atoms with Crippen LogP contribution in [-0.2, 0) is 19.1 Å². The first kappa shape index (κ1) is 14.9. The van der Waals surface area contributed by atoms with Crippen LogP contribution >= 0.6 is 0 Å². The molecule has 2 N–H and O–H groups in total. The first-order valence-corrected chi connectivity index (χ1v) is 6.20. The van der Waals surface area contributed by atoms with E-state index in [0.29, 0.717) is 12.5 Å². The molecule has 0 saturated carbocycles. The molecule has 1 rings (SSSR count). The van der Waals surface area contributed by atoms with Gasteiger partial charge in [0.2, 0.25) is 5.91 Å². The number of hydrogen-bond donors (Lipinski definition) is 2. The van der Waals surface area contributed by atoms with Crippen molar-refractivity contribution in [3.05, 3.63) is 0 Å². The maximum Gasteiger partial charge on any atom is 0.329 e. The van der Waals surface area contributed by atoms with Gasteiger partial charge in [-0.1, -0.05) is 0 Å². The number of esters is 1. The van der Waals surface area contributed by atoms with Gasteiger partial charge in [-0.25, -0.2) is 4.79 Å². The van der Waals surface area contributed by atoms with Crippen LogP contribution in [0.3, 0.4) is 0 Å². The van der Waals surface area contributed by atoms with E-state index in [0.717, 1.165) is 19.6 Å². The van der Waals surface area contributed by atoms with Crippen LogP contribution in [0.5, 0.6) is 0 Å². The summed E-state index contributed by atoms with van der Waals surface area (Å²) in [6, 6.07) is -0.398. The van der Waals surface area contributed by atoms with Gasteiger partial charge in [0.25, 0.3) is 0 Å².